The van der Waals surface area contributed by atoms with Gasteiger partial charge in [0.15, 0.2) is 0 Å². The van der Waals surface area contributed by atoms with Crippen LogP contribution >= 0.6 is 23.2 Å². The Morgan fingerprint density at radius 1 is 1.67 bits per heavy atom. The number of halogens is 2. The summed E-state index contributed by atoms with van der Waals surface area (Å²) in [6, 6.07) is -0.641. The highest BCUT2D eigenvalue weighted by atomic mass is 35.5. The number of rotatable bonds is 1. The van der Waals surface area contributed by atoms with E-state index in [-0.39, 0.29) is 11.2 Å². The van der Waals surface area contributed by atoms with Crippen LogP contribution in [0.3, 0.4) is 0 Å². The molecule has 1 heterocycles. The van der Waals surface area contributed by atoms with Crippen molar-refractivity contribution in [3.05, 3.63) is 0 Å². The second-order valence-corrected chi connectivity index (χ2v) is 2.91. The minimum absolute atomic E-state index is 0.164. The van der Waals surface area contributed by atoms with E-state index in [4.69, 9.17) is 28.3 Å². The van der Waals surface area contributed by atoms with Crippen LogP contribution in [0.15, 0.2) is 0 Å². The van der Waals surface area contributed by atoms with E-state index in [1.807, 2.05) is 0 Å². The molecule has 6 heteroatoms. The zero-order valence-electron chi connectivity index (χ0n) is 6.22. The first kappa shape index (κ1) is 11.5. The topological polar surface area (TPSA) is 66.4 Å². The molecule has 0 aliphatic carbocycles. The van der Waals surface area contributed by atoms with Crippen molar-refractivity contribution in [3.63, 3.8) is 0 Å². The number of hydrogen-bond donors (Lipinski definition) is 2. The molecular formula is C6H9Cl2NO3. The van der Waals surface area contributed by atoms with Gasteiger partial charge in [0.1, 0.15) is 6.04 Å². The molecule has 1 atom stereocenters. The number of carboxylic acid groups (broad SMARTS) is 1. The van der Waals surface area contributed by atoms with Crippen LogP contribution in [-0.4, -0.2) is 28.4 Å². The molecule has 70 valence electrons. The van der Waals surface area contributed by atoms with Gasteiger partial charge in [-0.25, -0.2) is 4.79 Å². The van der Waals surface area contributed by atoms with Crippen LogP contribution in [0.5, 0.6) is 0 Å². The number of nitrogens with one attached hydrogen (secondary N) is 1. The molecule has 0 aromatic heterocycles. The second kappa shape index (κ2) is 6.08. The SMILES string of the molecule is ClCCl.O=C1CC[C@@H](C(=O)O)N1. The van der Waals surface area contributed by atoms with Crippen molar-refractivity contribution in [1.82, 2.24) is 5.32 Å². The van der Waals surface area contributed by atoms with Gasteiger partial charge in [0.2, 0.25) is 5.91 Å². The summed E-state index contributed by atoms with van der Waals surface area (Å²) in [5, 5.41) is 10.8. The molecule has 1 aliphatic rings. The summed E-state index contributed by atoms with van der Waals surface area (Å²) in [4.78, 5) is 20.5. The predicted octanol–water partition coefficient (Wildman–Crippen LogP) is 0.771. The molecule has 0 aromatic carbocycles. The molecule has 0 saturated carbocycles. The summed E-state index contributed by atoms with van der Waals surface area (Å²) in [5.41, 5.74) is 0. The summed E-state index contributed by atoms with van der Waals surface area (Å²) in [6.07, 6.45) is 0.769. The molecule has 2 N–H and O–H groups in total. The lowest BCUT2D eigenvalue weighted by atomic mass is 10.2. The van der Waals surface area contributed by atoms with Gasteiger partial charge in [-0.1, -0.05) is 0 Å². The molecule has 0 bridgehead atoms. The third kappa shape index (κ3) is 4.41. The Hall–Kier alpha value is -0.480. The molecule has 4 nitrogen and oxygen atoms in total. The third-order valence-corrected chi connectivity index (χ3v) is 1.29. The van der Waals surface area contributed by atoms with Crippen LogP contribution in [-0.2, 0) is 9.59 Å². The Labute approximate surface area is 79.8 Å². The van der Waals surface area contributed by atoms with Gasteiger partial charge in [-0.2, -0.15) is 0 Å². The lowest BCUT2D eigenvalue weighted by molar-refractivity contribution is -0.140. The number of alkyl halides is 2. The highest BCUT2D eigenvalue weighted by molar-refractivity contribution is 6.40. The fourth-order valence-electron chi connectivity index (χ4n) is 0.799. The van der Waals surface area contributed by atoms with Gasteiger partial charge in [0, 0.05) is 6.42 Å². The zero-order valence-corrected chi connectivity index (χ0v) is 7.73. The summed E-state index contributed by atoms with van der Waals surface area (Å²) in [6.45, 7) is 0. The third-order valence-electron chi connectivity index (χ3n) is 1.29. The van der Waals surface area contributed by atoms with Crippen LogP contribution in [0.4, 0.5) is 0 Å². The standard InChI is InChI=1S/C5H7NO3.CH2Cl2/c7-4-2-1-3(6-4)5(8)9;2-1-3/h3H,1-2H2,(H,6,7)(H,8,9);1H2/t3-;/m0./s1. The second-order valence-electron chi connectivity index (χ2n) is 2.10. The predicted molar refractivity (Wildman–Crippen MR) is 45.4 cm³/mol. The normalized spacial score (nSPS) is 20.8. The monoisotopic (exact) mass is 213 g/mol. The molecule has 1 aliphatic heterocycles. The number of carbonyl (C=O) groups excluding carboxylic acids is 1. The van der Waals surface area contributed by atoms with Gasteiger partial charge in [-0.3, -0.25) is 4.79 Å². The van der Waals surface area contributed by atoms with Crippen LogP contribution in [0, 0.1) is 0 Å². The van der Waals surface area contributed by atoms with E-state index in [1.165, 1.54) is 0 Å². The number of amides is 1. The van der Waals surface area contributed by atoms with Crippen molar-refractivity contribution in [1.29, 1.82) is 0 Å². The number of carbonyl (C=O) groups is 2. The number of aliphatic carboxylic acids is 1. The van der Waals surface area contributed by atoms with Gasteiger partial charge in [-0.05, 0) is 6.42 Å². The molecule has 12 heavy (non-hydrogen) atoms. The average Bonchev–Trinajstić information content (AvgIpc) is 2.37. The van der Waals surface area contributed by atoms with Crippen LogP contribution in [0.2, 0.25) is 0 Å². The fourth-order valence-corrected chi connectivity index (χ4v) is 0.799. The van der Waals surface area contributed by atoms with Crippen LogP contribution < -0.4 is 5.32 Å². The van der Waals surface area contributed by atoms with Crippen molar-refractivity contribution in [3.8, 4) is 0 Å². The Kier molecular flexibility index (Phi) is 5.84. The van der Waals surface area contributed by atoms with Gasteiger partial charge < -0.3 is 10.4 Å². The van der Waals surface area contributed by atoms with E-state index in [2.05, 4.69) is 5.32 Å². The van der Waals surface area contributed by atoms with Crippen LogP contribution in [0.25, 0.3) is 0 Å². The summed E-state index contributed by atoms with van der Waals surface area (Å²) in [5.74, 6) is -1.11. The van der Waals surface area contributed by atoms with Crippen molar-refractivity contribution < 1.29 is 14.7 Å². The Morgan fingerprint density at radius 2 is 2.17 bits per heavy atom. The van der Waals surface area contributed by atoms with E-state index < -0.39 is 12.0 Å². The molecule has 1 fully saturated rings. The Balaban J connectivity index is 0.000000354. The Bertz CT molecular complexity index is 174. The molecule has 1 rings (SSSR count). The maximum Gasteiger partial charge on any atom is 0.326 e. The minimum atomic E-state index is -0.944. The van der Waals surface area contributed by atoms with Gasteiger partial charge >= 0.3 is 5.97 Å². The molecule has 0 radical (unpaired) electrons. The molecule has 1 saturated heterocycles. The lowest BCUT2D eigenvalue weighted by Crippen LogP contribution is -2.32. The average molecular weight is 214 g/mol. The van der Waals surface area contributed by atoms with E-state index in [1.54, 1.807) is 0 Å². The van der Waals surface area contributed by atoms with Crippen LogP contribution in [0.1, 0.15) is 12.8 Å². The van der Waals surface area contributed by atoms with Crippen molar-refractivity contribution >= 4 is 35.1 Å². The highest BCUT2D eigenvalue weighted by Gasteiger charge is 2.26. The van der Waals surface area contributed by atoms with Gasteiger partial charge in [0.25, 0.3) is 0 Å². The first-order valence-electron chi connectivity index (χ1n) is 3.26. The lowest BCUT2D eigenvalue weighted by Gasteiger charge is -1.99. The summed E-state index contributed by atoms with van der Waals surface area (Å²) >= 11 is 9.53. The first-order valence-corrected chi connectivity index (χ1v) is 4.32. The van der Waals surface area contributed by atoms with Crippen molar-refractivity contribution in [2.45, 2.75) is 18.9 Å². The van der Waals surface area contributed by atoms with Crippen molar-refractivity contribution in [2.24, 2.45) is 0 Å². The zero-order chi connectivity index (χ0) is 9.56. The van der Waals surface area contributed by atoms with Gasteiger partial charge in [-0.15, -0.1) is 23.2 Å². The summed E-state index contributed by atoms with van der Waals surface area (Å²) < 4.78 is 0. The molecular weight excluding hydrogens is 205 g/mol. The number of hydrogen-bond acceptors (Lipinski definition) is 2. The van der Waals surface area contributed by atoms with E-state index in [0.29, 0.717) is 12.8 Å². The maximum atomic E-state index is 10.4. The van der Waals surface area contributed by atoms with Gasteiger partial charge in [0.05, 0.1) is 5.34 Å². The van der Waals surface area contributed by atoms with Crippen molar-refractivity contribution in [2.75, 3.05) is 5.34 Å². The molecule has 0 unspecified atom stereocenters. The summed E-state index contributed by atoms with van der Waals surface area (Å²) in [7, 11) is 0. The largest absolute Gasteiger partial charge is 0.480 e. The highest BCUT2D eigenvalue weighted by Crippen LogP contribution is 2.05. The molecule has 1 amide bonds. The van der Waals surface area contributed by atoms with E-state index in [0.717, 1.165) is 0 Å². The number of carboxylic acids is 1. The molecule has 0 aromatic rings. The maximum absolute atomic E-state index is 10.4. The molecule has 0 spiro atoms. The Morgan fingerprint density at radius 3 is 2.33 bits per heavy atom. The quantitative estimate of drug-likeness (QED) is 0.633. The smallest absolute Gasteiger partial charge is 0.326 e. The van der Waals surface area contributed by atoms with E-state index >= 15 is 0 Å². The minimum Gasteiger partial charge on any atom is -0.480 e. The fraction of sp³-hybridized carbons (Fsp3) is 0.667. The van der Waals surface area contributed by atoms with E-state index in [9.17, 15) is 9.59 Å². The first-order chi connectivity index (χ1) is 5.61.